The van der Waals surface area contributed by atoms with Crippen LogP contribution in [0.4, 0.5) is 0 Å². The number of nitrogens with zero attached hydrogens (tertiary/aromatic N) is 3. The van der Waals surface area contributed by atoms with E-state index < -0.39 is 0 Å². The van der Waals surface area contributed by atoms with Crippen LogP contribution in [0.25, 0.3) is 0 Å². The minimum atomic E-state index is -0.0947. The summed E-state index contributed by atoms with van der Waals surface area (Å²) in [6.45, 7) is 2.32. The van der Waals surface area contributed by atoms with Gasteiger partial charge in [-0.15, -0.1) is 0 Å². The Labute approximate surface area is 122 Å². The van der Waals surface area contributed by atoms with E-state index >= 15 is 0 Å². The Bertz CT molecular complexity index is 457. The van der Waals surface area contributed by atoms with E-state index in [0.717, 1.165) is 24.3 Å². The van der Waals surface area contributed by atoms with Gasteiger partial charge in [0, 0.05) is 12.6 Å². The molecule has 0 aliphatic heterocycles. The van der Waals surface area contributed by atoms with Gasteiger partial charge in [-0.25, -0.2) is 0 Å². The van der Waals surface area contributed by atoms with E-state index in [-0.39, 0.29) is 11.6 Å². The maximum Gasteiger partial charge on any atom is 0.161 e. The highest BCUT2D eigenvalue weighted by atomic mass is 16.5. The molecule has 0 saturated heterocycles. The molecule has 0 aromatic carbocycles. The molecule has 1 saturated carbocycles. The number of likely N-dealkylation sites (N-methyl/N-ethyl adjacent to an activating group) is 1. The van der Waals surface area contributed by atoms with Gasteiger partial charge >= 0.3 is 0 Å². The van der Waals surface area contributed by atoms with Gasteiger partial charge in [0.2, 0.25) is 0 Å². The molecule has 1 aliphatic rings. The van der Waals surface area contributed by atoms with Crippen LogP contribution in [0.3, 0.4) is 0 Å². The average molecular weight is 280 g/mol. The van der Waals surface area contributed by atoms with E-state index in [2.05, 4.69) is 31.0 Å². The lowest BCUT2D eigenvalue weighted by Crippen LogP contribution is -2.55. The summed E-state index contributed by atoms with van der Waals surface area (Å²) in [7, 11) is 7.90. The minimum absolute atomic E-state index is 0.0151. The Morgan fingerprint density at radius 2 is 2.25 bits per heavy atom. The van der Waals surface area contributed by atoms with Crippen molar-refractivity contribution < 1.29 is 4.74 Å². The van der Waals surface area contributed by atoms with E-state index in [4.69, 9.17) is 10.5 Å². The molecule has 0 bridgehead atoms. The van der Waals surface area contributed by atoms with Crippen molar-refractivity contribution in [2.24, 2.45) is 18.7 Å². The summed E-state index contributed by atoms with van der Waals surface area (Å²) >= 11 is 0. The second kappa shape index (κ2) is 5.74. The number of hydrogen-bond donors (Lipinski definition) is 1. The lowest BCUT2D eigenvalue weighted by atomic mass is 9.70. The fourth-order valence-corrected chi connectivity index (χ4v) is 3.72. The number of rotatable bonds is 4. The van der Waals surface area contributed by atoms with Crippen LogP contribution in [0.2, 0.25) is 0 Å². The molecule has 5 nitrogen and oxygen atoms in total. The van der Waals surface area contributed by atoms with Crippen molar-refractivity contribution in [3.8, 4) is 5.75 Å². The maximum absolute atomic E-state index is 6.71. The van der Waals surface area contributed by atoms with Crippen LogP contribution in [0, 0.1) is 5.92 Å². The molecule has 0 amide bonds. The zero-order valence-electron chi connectivity index (χ0n) is 13.4. The third-order valence-corrected chi connectivity index (χ3v) is 4.94. The van der Waals surface area contributed by atoms with E-state index in [1.807, 2.05) is 11.7 Å². The monoisotopic (exact) mass is 280 g/mol. The zero-order valence-corrected chi connectivity index (χ0v) is 13.4. The van der Waals surface area contributed by atoms with Crippen LogP contribution in [-0.2, 0) is 7.05 Å². The van der Waals surface area contributed by atoms with Crippen molar-refractivity contribution in [1.29, 1.82) is 0 Å². The van der Waals surface area contributed by atoms with E-state index in [1.165, 1.54) is 12.8 Å². The predicted octanol–water partition coefficient (Wildman–Crippen LogP) is 1.94. The first-order valence-corrected chi connectivity index (χ1v) is 7.41. The smallest absolute Gasteiger partial charge is 0.161 e. The van der Waals surface area contributed by atoms with Gasteiger partial charge in [-0.1, -0.05) is 19.8 Å². The van der Waals surface area contributed by atoms with Crippen LogP contribution < -0.4 is 10.5 Å². The van der Waals surface area contributed by atoms with Gasteiger partial charge < -0.3 is 15.4 Å². The largest absolute Gasteiger partial charge is 0.493 e. The van der Waals surface area contributed by atoms with Gasteiger partial charge in [-0.3, -0.25) is 4.68 Å². The second-order valence-electron chi connectivity index (χ2n) is 6.40. The summed E-state index contributed by atoms with van der Waals surface area (Å²) in [5.41, 5.74) is 7.69. The third-order valence-electron chi connectivity index (χ3n) is 4.94. The summed E-state index contributed by atoms with van der Waals surface area (Å²) in [6.07, 6.45) is 6.53. The molecule has 1 fully saturated rings. The summed E-state index contributed by atoms with van der Waals surface area (Å²) < 4.78 is 7.30. The summed E-state index contributed by atoms with van der Waals surface area (Å²) in [4.78, 5) is 2.31. The molecule has 20 heavy (non-hydrogen) atoms. The number of ether oxygens (including phenoxy) is 1. The molecule has 5 heteroatoms. The normalized spacial score (nSPS) is 28.6. The third kappa shape index (κ3) is 2.44. The standard InChI is InChI=1S/C15H28N4O/c1-11-7-6-8-15(9-11,18(2)3)14(16)13-12(20-5)10-17-19(13)4/h10-11,14H,6-9,16H2,1-5H3. The van der Waals surface area contributed by atoms with Crippen LogP contribution >= 0.6 is 0 Å². The molecular formula is C15H28N4O. The zero-order chi connectivity index (χ0) is 14.9. The van der Waals surface area contributed by atoms with Crippen molar-refractivity contribution in [3.05, 3.63) is 11.9 Å². The van der Waals surface area contributed by atoms with Crippen LogP contribution in [0.15, 0.2) is 6.20 Å². The molecule has 114 valence electrons. The molecular weight excluding hydrogens is 252 g/mol. The fourth-order valence-electron chi connectivity index (χ4n) is 3.72. The van der Waals surface area contributed by atoms with Crippen molar-refractivity contribution >= 4 is 0 Å². The average Bonchev–Trinajstić information content (AvgIpc) is 2.78. The maximum atomic E-state index is 6.71. The number of methoxy groups -OCH3 is 1. The lowest BCUT2D eigenvalue weighted by Gasteiger charge is -2.49. The summed E-state index contributed by atoms with van der Waals surface area (Å²) in [6, 6.07) is -0.0947. The highest BCUT2D eigenvalue weighted by Crippen LogP contribution is 2.44. The Morgan fingerprint density at radius 3 is 2.80 bits per heavy atom. The summed E-state index contributed by atoms with van der Waals surface area (Å²) in [5.74, 6) is 1.50. The lowest BCUT2D eigenvalue weighted by molar-refractivity contribution is 0.0467. The molecule has 0 spiro atoms. The highest BCUT2D eigenvalue weighted by molar-refractivity contribution is 5.31. The molecule has 1 heterocycles. The molecule has 3 unspecified atom stereocenters. The molecule has 3 atom stereocenters. The van der Waals surface area contributed by atoms with Gasteiger partial charge in [0.1, 0.15) is 0 Å². The number of nitrogens with two attached hydrogens (primary N) is 1. The van der Waals surface area contributed by atoms with Gasteiger partial charge in [-0.05, 0) is 32.9 Å². The molecule has 0 radical (unpaired) electrons. The minimum Gasteiger partial charge on any atom is -0.493 e. The van der Waals surface area contributed by atoms with Crippen LogP contribution in [0.1, 0.15) is 44.3 Å². The van der Waals surface area contributed by atoms with Gasteiger partial charge in [0.15, 0.2) is 5.75 Å². The summed E-state index contributed by atoms with van der Waals surface area (Å²) in [5, 5.41) is 4.31. The number of aryl methyl sites for hydroxylation is 1. The SMILES string of the molecule is COc1cnn(C)c1C(N)C1(N(C)C)CCCC(C)C1. The molecule has 2 rings (SSSR count). The molecule has 2 N–H and O–H groups in total. The van der Waals surface area contributed by atoms with E-state index in [1.54, 1.807) is 13.3 Å². The number of hydrogen-bond acceptors (Lipinski definition) is 4. The quantitative estimate of drug-likeness (QED) is 0.916. The first-order valence-electron chi connectivity index (χ1n) is 7.41. The Morgan fingerprint density at radius 1 is 1.55 bits per heavy atom. The molecule has 1 aromatic rings. The first kappa shape index (κ1) is 15.3. The van der Waals surface area contributed by atoms with Crippen LogP contribution in [0.5, 0.6) is 5.75 Å². The van der Waals surface area contributed by atoms with Crippen molar-refractivity contribution in [1.82, 2.24) is 14.7 Å². The Balaban J connectivity index is 2.41. The van der Waals surface area contributed by atoms with Gasteiger partial charge in [-0.2, -0.15) is 5.10 Å². The topological polar surface area (TPSA) is 56.3 Å². The highest BCUT2D eigenvalue weighted by Gasteiger charge is 2.44. The van der Waals surface area contributed by atoms with Crippen molar-refractivity contribution in [2.75, 3.05) is 21.2 Å². The van der Waals surface area contributed by atoms with Gasteiger partial charge in [0.05, 0.1) is 25.0 Å². The van der Waals surface area contributed by atoms with Crippen LogP contribution in [-0.4, -0.2) is 41.4 Å². The van der Waals surface area contributed by atoms with E-state index in [9.17, 15) is 0 Å². The predicted molar refractivity (Wildman–Crippen MR) is 80.7 cm³/mol. The second-order valence-corrected chi connectivity index (χ2v) is 6.40. The van der Waals surface area contributed by atoms with E-state index in [0.29, 0.717) is 5.92 Å². The van der Waals surface area contributed by atoms with Crippen molar-refractivity contribution in [2.45, 2.75) is 44.2 Å². The van der Waals surface area contributed by atoms with Gasteiger partial charge in [0.25, 0.3) is 0 Å². The number of aromatic nitrogens is 2. The first-order chi connectivity index (χ1) is 9.42. The van der Waals surface area contributed by atoms with Crippen molar-refractivity contribution in [3.63, 3.8) is 0 Å². The Hall–Kier alpha value is -1.07. The Kier molecular flexibility index (Phi) is 4.39. The molecule has 1 aromatic heterocycles. The molecule has 1 aliphatic carbocycles. The fraction of sp³-hybridized carbons (Fsp3) is 0.800.